The molecule has 1 N–H and O–H groups in total. The van der Waals surface area contributed by atoms with E-state index in [9.17, 15) is 62.6 Å². The normalized spacial score (nSPS) is 10.8. The Morgan fingerprint density at radius 2 is 0.472 bits per heavy atom. The molecule has 0 aliphatic heterocycles. The minimum atomic E-state index is -0.946. The van der Waals surface area contributed by atoms with Gasteiger partial charge < -0.3 is 66.7 Å². The summed E-state index contributed by atoms with van der Waals surface area (Å²) in [6.45, 7) is 32.8. The molecule has 754 valence electrons. The third-order valence-corrected chi connectivity index (χ3v) is 23.5. The van der Waals surface area contributed by atoms with Crippen LogP contribution in [0.1, 0.15) is 223 Å². The van der Waals surface area contributed by atoms with E-state index in [4.69, 9.17) is 33.2 Å². The van der Waals surface area contributed by atoms with Crippen molar-refractivity contribution in [2.45, 2.75) is 182 Å². The van der Waals surface area contributed by atoms with Crippen LogP contribution in [0.25, 0.3) is 0 Å². The van der Waals surface area contributed by atoms with E-state index < -0.39 is 70.5 Å². The van der Waals surface area contributed by atoms with Crippen molar-refractivity contribution in [2.24, 2.45) is 0 Å². The van der Waals surface area contributed by atoms with Gasteiger partial charge >= 0.3 is 35.8 Å². The number of carbonyl (C=O) groups excluding carboxylic acids is 12. The van der Waals surface area contributed by atoms with Crippen molar-refractivity contribution in [3.8, 4) is 40.2 Å². The van der Waals surface area contributed by atoms with E-state index >= 15 is 0 Å². The number of aliphatic hydroxyl groups is 1. The van der Waals surface area contributed by atoms with E-state index in [1.165, 1.54) is 47.2 Å². The van der Waals surface area contributed by atoms with Gasteiger partial charge in [-0.1, -0.05) is 216 Å². The minimum Gasteiger partial charge on any atom is -0.493 e. The Kier molecular flexibility index (Phi) is 43.5. The molecule has 0 amide bonds. The molecule has 1 aliphatic rings. The van der Waals surface area contributed by atoms with Gasteiger partial charge in [-0.25, -0.2) is 28.8 Å². The standard InChI is InChI=1S/C21H22O4.C20H22O5.C20H22O4.C19H20O5.2C19H20O4/c1-13-7-10-19(14(2)11-13)25-12-18-16(15-8-9-15)5-4-6-17(18)20(22)21(23)24-3;1-5-24-18-8-6-7-15(19(21)20(22)23-4)16(18)12-25-17-10-9-13(2)11-14(17)3;1-5-15-7-6-8-16(19(21)20(22)23-4)17(15)12-24-18-10-9-13(2)11-14(18)3;1-12-7-8-17(13(2)9-12)24-11-16-14(10-20)5-4-6-15(16)18(21)19(22)23-3;2*1-12-8-9-17(14(3)10-12)23-11-16-13(2)6-5-7-15(16)18(20)19(21)22-4/h4-7,10-11,15H,8-9,12H2,1-3H3;6-11H,5,12H2,1-4H3;6-11H,5,12H2,1-4H3;4-9,20H,10-11H2,1-3H3;2*5-10H,11H2,1-4H3. The van der Waals surface area contributed by atoms with Crippen molar-refractivity contribution in [3.63, 3.8) is 0 Å². The third kappa shape index (κ3) is 31.5. The van der Waals surface area contributed by atoms with Gasteiger partial charge in [-0.15, -0.1) is 0 Å². The summed E-state index contributed by atoms with van der Waals surface area (Å²) in [5.74, 6) is -3.94. The summed E-state index contributed by atoms with van der Waals surface area (Å²) in [4.78, 5) is 143. The first kappa shape index (κ1) is 113. The molecule has 0 bridgehead atoms. The summed E-state index contributed by atoms with van der Waals surface area (Å²) >= 11 is 0. The maximum Gasteiger partial charge on any atom is 0.379 e. The molecular weight excluding hydrogens is 1830 g/mol. The molecule has 13 rings (SSSR count). The smallest absolute Gasteiger partial charge is 0.379 e. The van der Waals surface area contributed by atoms with Crippen LogP contribution in [-0.4, -0.2) is 125 Å². The molecule has 26 nitrogen and oxygen atoms in total. The number of methoxy groups -OCH3 is 6. The van der Waals surface area contributed by atoms with E-state index in [0.717, 1.165) is 144 Å². The number of rotatable bonds is 35. The first-order valence-electron chi connectivity index (χ1n) is 46.6. The van der Waals surface area contributed by atoms with Crippen molar-refractivity contribution < 1.29 is 124 Å². The van der Waals surface area contributed by atoms with E-state index in [1.54, 1.807) is 72.8 Å². The van der Waals surface area contributed by atoms with Crippen LogP contribution in [0.15, 0.2) is 218 Å². The molecule has 0 unspecified atom stereocenters. The lowest BCUT2D eigenvalue weighted by molar-refractivity contribution is -0.135. The first-order valence-corrected chi connectivity index (χ1v) is 46.6. The SMILES string of the molecule is CCOc1cccc(C(=O)C(=O)OC)c1COc1ccc(C)cc1C.CCc1cccc(C(=O)C(=O)OC)c1COc1ccc(C)cc1C.COC(=O)C(=O)c1cccc(C)c1COc1ccc(C)cc1C.COC(=O)C(=O)c1cccc(C)c1COc1ccc(C)cc1C.COC(=O)C(=O)c1cccc(C2CC2)c1COc1ccc(C)cc1C.COC(=O)C(=O)c1cccc(CO)c1COc1ccc(C)cc1C. The lowest BCUT2D eigenvalue weighted by atomic mass is 9.95. The van der Waals surface area contributed by atoms with Crippen LogP contribution in [0.3, 0.4) is 0 Å². The van der Waals surface area contributed by atoms with Crippen LogP contribution < -0.4 is 33.2 Å². The average Bonchev–Trinajstić information content (AvgIpc) is 1.70. The average molecular weight is 1960 g/mol. The van der Waals surface area contributed by atoms with Crippen molar-refractivity contribution in [2.75, 3.05) is 49.3 Å². The maximum absolute atomic E-state index is 12.4. The van der Waals surface area contributed by atoms with E-state index in [1.807, 2.05) is 244 Å². The van der Waals surface area contributed by atoms with Gasteiger partial charge in [0.2, 0.25) is 0 Å². The molecule has 0 heterocycles. The van der Waals surface area contributed by atoms with Crippen molar-refractivity contribution in [1.29, 1.82) is 0 Å². The quantitative estimate of drug-likeness (QED) is 0.0167. The highest BCUT2D eigenvalue weighted by Gasteiger charge is 2.32. The fraction of sp³-hybridized carbons (Fsp3) is 0.288. The van der Waals surface area contributed by atoms with E-state index in [-0.39, 0.29) is 57.4 Å². The predicted octanol–water partition coefficient (Wildman–Crippen LogP) is 21.4. The molecular formula is C118H126O26. The Balaban J connectivity index is 0.000000211. The Morgan fingerprint density at radius 1 is 0.243 bits per heavy atom. The topological polar surface area (TPSA) is 345 Å². The number of esters is 6. The van der Waals surface area contributed by atoms with Crippen LogP contribution in [0, 0.1) is 96.9 Å². The molecule has 12 aromatic carbocycles. The van der Waals surface area contributed by atoms with Gasteiger partial charge in [-0.2, -0.15) is 0 Å². The fourth-order valence-corrected chi connectivity index (χ4v) is 15.6. The second-order valence-corrected chi connectivity index (χ2v) is 34.2. The molecule has 1 fully saturated rings. The maximum atomic E-state index is 12.4. The van der Waals surface area contributed by atoms with E-state index in [2.05, 4.69) is 34.5 Å². The van der Waals surface area contributed by atoms with Crippen LogP contribution in [0.4, 0.5) is 0 Å². The number of hydrogen-bond donors (Lipinski definition) is 1. The molecule has 0 saturated heterocycles. The number of aliphatic hydroxyl groups excluding tert-OH is 1. The number of aryl methyl sites for hydroxylation is 15. The molecule has 144 heavy (non-hydrogen) atoms. The highest BCUT2D eigenvalue weighted by Crippen LogP contribution is 2.43. The van der Waals surface area contributed by atoms with Gasteiger partial charge in [0.05, 0.1) is 55.9 Å². The zero-order valence-corrected chi connectivity index (χ0v) is 85.8. The number of hydrogen-bond acceptors (Lipinski definition) is 26. The lowest BCUT2D eigenvalue weighted by Gasteiger charge is -2.16. The van der Waals surface area contributed by atoms with Gasteiger partial charge in [-0.3, -0.25) is 28.8 Å². The van der Waals surface area contributed by atoms with Gasteiger partial charge in [0, 0.05) is 66.8 Å². The van der Waals surface area contributed by atoms with Crippen LogP contribution >= 0.6 is 0 Å². The van der Waals surface area contributed by atoms with Gasteiger partial charge in [0.1, 0.15) is 79.9 Å². The van der Waals surface area contributed by atoms with E-state index in [0.29, 0.717) is 79.8 Å². The van der Waals surface area contributed by atoms with Crippen molar-refractivity contribution >= 4 is 70.5 Å². The first-order chi connectivity index (χ1) is 68.8. The predicted molar refractivity (Wildman–Crippen MR) is 546 cm³/mol. The summed E-state index contributed by atoms with van der Waals surface area (Å²) in [6.07, 6.45) is 2.95. The zero-order valence-electron chi connectivity index (χ0n) is 85.8. The minimum absolute atomic E-state index is 0.0682. The van der Waals surface area contributed by atoms with Crippen LogP contribution in [0.2, 0.25) is 0 Å². The molecule has 0 spiro atoms. The second kappa shape index (κ2) is 55.3. The van der Waals surface area contributed by atoms with Gasteiger partial charge in [0.15, 0.2) is 0 Å². The molecule has 0 aromatic heterocycles. The fourth-order valence-electron chi connectivity index (χ4n) is 15.6. The lowest BCUT2D eigenvalue weighted by Crippen LogP contribution is -2.19. The Morgan fingerprint density at radius 3 is 0.736 bits per heavy atom. The Bertz CT molecular complexity index is 6410. The summed E-state index contributed by atoms with van der Waals surface area (Å²) < 4.78 is 68.2. The highest BCUT2D eigenvalue weighted by atomic mass is 16.6. The Labute approximate surface area is 841 Å². The molecule has 1 saturated carbocycles. The molecule has 26 heteroatoms. The van der Waals surface area contributed by atoms with Crippen molar-refractivity contribution in [1.82, 2.24) is 0 Å². The summed E-state index contributed by atoms with van der Waals surface area (Å²) in [7, 11) is 7.15. The molecule has 1 aliphatic carbocycles. The van der Waals surface area contributed by atoms with Gasteiger partial charge in [-0.05, 0) is 233 Å². The van der Waals surface area contributed by atoms with Crippen molar-refractivity contribution in [3.05, 3.63) is 380 Å². The largest absolute Gasteiger partial charge is 0.493 e. The van der Waals surface area contributed by atoms with Crippen LogP contribution in [0.5, 0.6) is 40.2 Å². The molecule has 0 atom stereocenters. The summed E-state index contributed by atoms with van der Waals surface area (Å²) in [5.41, 5.74) is 23.1. The number of ketones is 6. The highest BCUT2D eigenvalue weighted by molar-refractivity contribution is 6.43. The summed E-state index contributed by atoms with van der Waals surface area (Å²) in [5, 5.41) is 9.53. The van der Waals surface area contributed by atoms with Gasteiger partial charge in [0.25, 0.3) is 34.7 Å². The third-order valence-electron chi connectivity index (χ3n) is 23.5. The number of benzene rings is 12. The Hall–Kier alpha value is -16.0. The monoisotopic (exact) mass is 1960 g/mol. The number of Topliss-reactive ketones (excluding diaryl/α,β-unsaturated/α-hetero) is 6. The molecule has 12 aromatic rings. The second-order valence-electron chi connectivity index (χ2n) is 34.2. The molecule has 0 radical (unpaired) electrons. The van der Waals surface area contributed by atoms with Crippen LogP contribution in [-0.2, 0) is 110 Å². The number of ether oxygens (including phenoxy) is 13. The zero-order chi connectivity index (χ0) is 106. The summed E-state index contributed by atoms with van der Waals surface area (Å²) in [6, 6.07) is 66.6. The number of carbonyl (C=O) groups is 12.